The summed E-state index contributed by atoms with van der Waals surface area (Å²) in [6.07, 6.45) is -1.87. The van der Waals surface area contributed by atoms with Gasteiger partial charge in [-0.05, 0) is 42.8 Å². The van der Waals surface area contributed by atoms with Crippen molar-refractivity contribution < 1.29 is 18.0 Å². The average molecular weight is 387 g/mol. The maximum absolute atomic E-state index is 12.9. The van der Waals surface area contributed by atoms with E-state index in [0.29, 0.717) is 16.9 Å². The van der Waals surface area contributed by atoms with E-state index in [-0.39, 0.29) is 11.9 Å². The minimum Gasteiger partial charge on any atom is -0.326 e. The third kappa shape index (κ3) is 4.81. The zero-order chi connectivity index (χ0) is 20.3. The fourth-order valence-electron chi connectivity index (χ4n) is 2.49. The molecule has 1 amide bonds. The molecule has 9 heteroatoms. The average Bonchev–Trinajstić information content (AvgIpc) is 2.61. The molecule has 2 heterocycles. The van der Waals surface area contributed by atoms with Gasteiger partial charge in [-0.3, -0.25) is 9.78 Å². The van der Waals surface area contributed by atoms with Gasteiger partial charge in [-0.1, -0.05) is 6.07 Å². The van der Waals surface area contributed by atoms with Crippen molar-refractivity contribution in [3.8, 4) is 11.1 Å². The lowest BCUT2D eigenvalue weighted by atomic mass is 10.1. The van der Waals surface area contributed by atoms with Crippen LogP contribution in [-0.4, -0.2) is 20.9 Å². The molecule has 0 fully saturated rings. The van der Waals surface area contributed by atoms with Gasteiger partial charge in [0.05, 0.1) is 0 Å². The van der Waals surface area contributed by atoms with Crippen LogP contribution in [0.1, 0.15) is 18.3 Å². The number of alkyl halides is 3. The molecule has 0 aliphatic carbocycles. The van der Waals surface area contributed by atoms with E-state index >= 15 is 0 Å². The summed E-state index contributed by atoms with van der Waals surface area (Å²) >= 11 is 0. The quantitative estimate of drug-likeness (QED) is 0.686. The summed E-state index contributed by atoms with van der Waals surface area (Å²) in [6.45, 7) is 3.22. The molecule has 0 bridgehead atoms. The second kappa shape index (κ2) is 7.63. The predicted molar refractivity (Wildman–Crippen MR) is 99.0 cm³/mol. The fourth-order valence-corrected chi connectivity index (χ4v) is 2.49. The van der Waals surface area contributed by atoms with Crippen LogP contribution in [0, 0.1) is 6.92 Å². The molecule has 6 nitrogen and oxygen atoms in total. The molecule has 2 N–H and O–H groups in total. The van der Waals surface area contributed by atoms with Gasteiger partial charge in [0.15, 0.2) is 0 Å². The Labute approximate surface area is 158 Å². The van der Waals surface area contributed by atoms with Gasteiger partial charge >= 0.3 is 6.18 Å². The van der Waals surface area contributed by atoms with Gasteiger partial charge in [0.25, 0.3) is 0 Å². The number of nitrogens with one attached hydrogen (secondary N) is 2. The van der Waals surface area contributed by atoms with Crippen LogP contribution in [0.3, 0.4) is 0 Å². The van der Waals surface area contributed by atoms with E-state index in [4.69, 9.17) is 0 Å². The van der Waals surface area contributed by atoms with Crippen LogP contribution in [0.2, 0.25) is 0 Å². The van der Waals surface area contributed by atoms with Crippen molar-refractivity contribution in [3.05, 3.63) is 60.2 Å². The second-order valence-corrected chi connectivity index (χ2v) is 6.06. The molecule has 0 atom stereocenters. The standard InChI is InChI=1S/C19H16F3N5O/c1-11-3-4-13(10-24-11)14-7-15(25-12(2)28)9-16(8-14)26-18-23-6-5-17(27-18)19(20,21)22/h3-10H,1-2H3,(H,25,28)(H,23,26,27). The van der Waals surface area contributed by atoms with Crippen molar-refractivity contribution in [3.63, 3.8) is 0 Å². The highest BCUT2D eigenvalue weighted by Crippen LogP contribution is 2.30. The van der Waals surface area contributed by atoms with Crippen LogP contribution in [0.4, 0.5) is 30.5 Å². The Balaban J connectivity index is 1.99. The number of halogens is 3. The molecular weight excluding hydrogens is 371 g/mol. The monoisotopic (exact) mass is 387 g/mol. The van der Waals surface area contributed by atoms with Crippen molar-refractivity contribution in [2.45, 2.75) is 20.0 Å². The smallest absolute Gasteiger partial charge is 0.326 e. The number of aromatic nitrogens is 3. The molecule has 0 spiro atoms. The van der Waals surface area contributed by atoms with Gasteiger partial charge in [-0.2, -0.15) is 13.2 Å². The van der Waals surface area contributed by atoms with Gasteiger partial charge in [0, 0.05) is 41.9 Å². The number of hydrogen-bond donors (Lipinski definition) is 2. The van der Waals surface area contributed by atoms with Crippen molar-refractivity contribution in [2.75, 3.05) is 10.6 Å². The van der Waals surface area contributed by atoms with Gasteiger partial charge < -0.3 is 10.6 Å². The van der Waals surface area contributed by atoms with Gasteiger partial charge in [0.1, 0.15) is 5.69 Å². The third-order valence-electron chi connectivity index (χ3n) is 3.70. The molecule has 0 unspecified atom stereocenters. The molecule has 3 rings (SSSR count). The van der Waals surface area contributed by atoms with Crippen LogP contribution in [0.25, 0.3) is 11.1 Å². The van der Waals surface area contributed by atoms with Crippen LogP contribution in [-0.2, 0) is 11.0 Å². The number of aryl methyl sites for hydroxylation is 1. The highest BCUT2D eigenvalue weighted by Gasteiger charge is 2.32. The van der Waals surface area contributed by atoms with E-state index < -0.39 is 11.9 Å². The first-order valence-corrected chi connectivity index (χ1v) is 8.24. The largest absolute Gasteiger partial charge is 0.433 e. The van der Waals surface area contributed by atoms with E-state index in [1.165, 1.54) is 6.92 Å². The van der Waals surface area contributed by atoms with Crippen LogP contribution in [0.15, 0.2) is 48.8 Å². The van der Waals surface area contributed by atoms with Gasteiger partial charge in [-0.25, -0.2) is 9.97 Å². The summed E-state index contributed by atoms with van der Waals surface area (Å²) in [7, 11) is 0. The van der Waals surface area contributed by atoms with Crippen LogP contribution >= 0.6 is 0 Å². The summed E-state index contributed by atoms with van der Waals surface area (Å²) in [4.78, 5) is 23.0. The Bertz CT molecular complexity index is 1000. The molecule has 0 radical (unpaired) electrons. The fraction of sp³-hybridized carbons (Fsp3) is 0.158. The zero-order valence-corrected chi connectivity index (χ0v) is 15.0. The third-order valence-corrected chi connectivity index (χ3v) is 3.70. The van der Waals surface area contributed by atoms with Gasteiger partial charge in [-0.15, -0.1) is 0 Å². The summed E-state index contributed by atoms with van der Waals surface area (Å²) in [5.41, 5.74) is 2.18. The van der Waals surface area contributed by atoms with Crippen LogP contribution in [0.5, 0.6) is 0 Å². The number of nitrogens with zero attached hydrogens (tertiary/aromatic N) is 3. The Morgan fingerprint density at radius 3 is 2.39 bits per heavy atom. The summed E-state index contributed by atoms with van der Waals surface area (Å²) < 4.78 is 38.6. The summed E-state index contributed by atoms with van der Waals surface area (Å²) in [6, 6.07) is 9.52. The molecule has 0 aliphatic heterocycles. The molecular formula is C19H16F3N5O. The Morgan fingerprint density at radius 2 is 1.75 bits per heavy atom. The molecule has 0 saturated carbocycles. The molecule has 1 aromatic carbocycles. The number of anilines is 3. The maximum atomic E-state index is 12.9. The first kappa shape index (κ1) is 19.3. The SMILES string of the molecule is CC(=O)Nc1cc(Nc2nccc(C(F)(F)F)n2)cc(-c2ccc(C)nc2)c1. The Morgan fingerprint density at radius 1 is 1.00 bits per heavy atom. The minimum absolute atomic E-state index is 0.206. The Hall–Kier alpha value is -3.49. The number of amides is 1. The van der Waals surface area contributed by atoms with Crippen molar-refractivity contribution in [1.82, 2.24) is 15.0 Å². The topological polar surface area (TPSA) is 79.8 Å². The van der Waals surface area contributed by atoms with Gasteiger partial charge in [0.2, 0.25) is 11.9 Å². The number of carbonyl (C=O) groups excluding carboxylic acids is 1. The normalized spacial score (nSPS) is 11.2. The van der Waals surface area contributed by atoms with E-state index in [1.54, 1.807) is 24.4 Å². The summed E-state index contributed by atoms with van der Waals surface area (Å²) in [5, 5.41) is 5.43. The lowest BCUT2D eigenvalue weighted by Gasteiger charge is -2.12. The number of carbonyl (C=O) groups is 1. The maximum Gasteiger partial charge on any atom is 0.433 e. The first-order valence-electron chi connectivity index (χ1n) is 8.24. The molecule has 2 aromatic heterocycles. The minimum atomic E-state index is -4.57. The molecule has 28 heavy (non-hydrogen) atoms. The van der Waals surface area contributed by atoms with Crippen molar-refractivity contribution in [2.24, 2.45) is 0 Å². The molecule has 0 saturated heterocycles. The van der Waals surface area contributed by atoms with E-state index in [1.807, 2.05) is 19.1 Å². The lowest BCUT2D eigenvalue weighted by molar-refractivity contribution is -0.141. The number of rotatable bonds is 4. The Kier molecular flexibility index (Phi) is 5.25. The van der Waals surface area contributed by atoms with Crippen molar-refractivity contribution in [1.29, 1.82) is 0 Å². The number of pyridine rings is 1. The number of benzene rings is 1. The summed E-state index contributed by atoms with van der Waals surface area (Å²) in [5.74, 6) is -0.483. The van der Waals surface area contributed by atoms with Crippen LogP contribution < -0.4 is 10.6 Å². The lowest BCUT2D eigenvalue weighted by Crippen LogP contribution is -2.10. The van der Waals surface area contributed by atoms with E-state index in [0.717, 1.165) is 23.5 Å². The molecule has 0 aliphatic rings. The number of hydrogen-bond acceptors (Lipinski definition) is 5. The van der Waals surface area contributed by atoms with E-state index in [9.17, 15) is 18.0 Å². The highest BCUT2D eigenvalue weighted by molar-refractivity contribution is 5.90. The predicted octanol–water partition coefficient (Wildman–Crippen LogP) is 4.57. The van der Waals surface area contributed by atoms with Crippen molar-refractivity contribution >= 4 is 23.2 Å². The highest BCUT2D eigenvalue weighted by atomic mass is 19.4. The second-order valence-electron chi connectivity index (χ2n) is 6.06. The first-order chi connectivity index (χ1) is 13.2. The zero-order valence-electron chi connectivity index (χ0n) is 15.0. The molecule has 144 valence electrons. The molecule has 3 aromatic rings. The van der Waals surface area contributed by atoms with E-state index in [2.05, 4.69) is 25.6 Å².